The summed E-state index contributed by atoms with van der Waals surface area (Å²) >= 11 is 5.05. The van der Waals surface area contributed by atoms with Crippen LogP contribution in [-0.2, 0) is 9.30 Å². The molecule has 0 amide bonds. The highest BCUT2D eigenvalue weighted by Crippen LogP contribution is 2.41. The molecule has 1 fully saturated rings. The Labute approximate surface area is 244 Å². The fourth-order valence-corrected chi connectivity index (χ4v) is 6.42. The summed E-state index contributed by atoms with van der Waals surface area (Å²) in [5, 5.41) is 19.8. The van der Waals surface area contributed by atoms with E-state index in [0.29, 0.717) is 70.5 Å². The number of nitrogens with zero attached hydrogens (tertiary/aromatic N) is 5. The van der Waals surface area contributed by atoms with Crippen LogP contribution in [0.25, 0.3) is 10.6 Å². The van der Waals surface area contributed by atoms with Crippen molar-refractivity contribution < 1.29 is 14.0 Å². The molecular formula is C27H27BrN7O3PS. The first-order chi connectivity index (χ1) is 19.3. The number of ether oxygens (including phenoxy) is 2. The number of halogens is 1. The summed E-state index contributed by atoms with van der Waals surface area (Å²) in [4.78, 5) is 15.6. The molecule has 0 unspecified atom stereocenters. The van der Waals surface area contributed by atoms with Gasteiger partial charge in [0.15, 0.2) is 0 Å². The van der Waals surface area contributed by atoms with E-state index in [9.17, 15) is 9.83 Å². The maximum atomic E-state index is 13.3. The summed E-state index contributed by atoms with van der Waals surface area (Å²) in [7, 11) is -1.08. The molecule has 0 aliphatic carbocycles. The van der Waals surface area contributed by atoms with Crippen LogP contribution in [0.5, 0.6) is 5.75 Å². The van der Waals surface area contributed by atoms with Crippen molar-refractivity contribution in [3.8, 4) is 22.4 Å². The van der Waals surface area contributed by atoms with Crippen molar-refractivity contribution >= 4 is 68.5 Å². The summed E-state index contributed by atoms with van der Waals surface area (Å²) in [6.45, 7) is 6.09. The molecule has 3 heterocycles. The molecule has 13 heteroatoms. The van der Waals surface area contributed by atoms with E-state index in [4.69, 9.17) is 9.47 Å². The van der Waals surface area contributed by atoms with Crippen LogP contribution in [0.3, 0.4) is 0 Å². The standard InChI is InChI=1S/C27H27BrN7O3PS/c1-37-23-14-22(35-7-9-38-10-8-35)18(15-29)12-21(23)33-27-31-16-19(28)25(34-27)32-20-5-4-17(26-30-6-11-40-26)13-24(20)39(2,3)36/h4-6,11-14,16H,7-10H2,1-3H3,(H2,31,32,33,34). The summed E-state index contributed by atoms with van der Waals surface area (Å²) < 4.78 is 25.0. The Balaban J connectivity index is 1.46. The van der Waals surface area contributed by atoms with Crippen LogP contribution in [0.2, 0.25) is 0 Å². The number of anilines is 5. The van der Waals surface area contributed by atoms with Gasteiger partial charge in [0, 0.05) is 47.8 Å². The molecule has 206 valence electrons. The Morgan fingerprint density at radius 2 is 1.95 bits per heavy atom. The number of aromatic nitrogens is 3. The highest BCUT2D eigenvalue weighted by Gasteiger charge is 2.21. The van der Waals surface area contributed by atoms with E-state index < -0.39 is 7.14 Å². The van der Waals surface area contributed by atoms with Crippen LogP contribution in [0, 0.1) is 11.3 Å². The Morgan fingerprint density at radius 3 is 2.62 bits per heavy atom. The van der Waals surface area contributed by atoms with E-state index in [1.165, 1.54) is 11.3 Å². The maximum Gasteiger partial charge on any atom is 0.229 e. The quantitative estimate of drug-likeness (QED) is 0.228. The molecule has 40 heavy (non-hydrogen) atoms. The molecule has 2 aromatic carbocycles. The van der Waals surface area contributed by atoms with E-state index in [-0.39, 0.29) is 0 Å². The van der Waals surface area contributed by atoms with Gasteiger partial charge in [0.1, 0.15) is 29.8 Å². The molecule has 0 saturated carbocycles. The largest absolute Gasteiger partial charge is 0.494 e. The van der Waals surface area contributed by atoms with Gasteiger partial charge >= 0.3 is 0 Å². The number of benzene rings is 2. The first-order valence-corrected chi connectivity index (χ1v) is 16.6. The lowest BCUT2D eigenvalue weighted by Gasteiger charge is -2.30. The number of hydrogen-bond acceptors (Lipinski definition) is 11. The number of hydrogen-bond donors (Lipinski definition) is 2. The Kier molecular flexibility index (Phi) is 8.38. The molecule has 1 aliphatic heterocycles. The number of rotatable bonds is 8. The fourth-order valence-electron chi connectivity index (χ4n) is 4.34. The lowest BCUT2D eigenvalue weighted by Crippen LogP contribution is -2.36. The van der Waals surface area contributed by atoms with Gasteiger partial charge < -0.3 is 29.6 Å². The van der Waals surface area contributed by atoms with Gasteiger partial charge in [-0.3, -0.25) is 0 Å². The highest BCUT2D eigenvalue weighted by molar-refractivity contribution is 9.10. The minimum absolute atomic E-state index is 0.296. The highest BCUT2D eigenvalue weighted by atomic mass is 79.9. The van der Waals surface area contributed by atoms with Crippen LogP contribution in [0.4, 0.5) is 28.8 Å². The molecule has 2 N–H and O–H groups in total. The molecule has 10 nitrogen and oxygen atoms in total. The van der Waals surface area contributed by atoms with Gasteiger partial charge in [0.05, 0.1) is 47.4 Å². The van der Waals surface area contributed by atoms with E-state index in [1.807, 2.05) is 29.6 Å². The number of morpholine rings is 1. The average Bonchev–Trinajstić information content (AvgIpc) is 3.50. The van der Waals surface area contributed by atoms with E-state index >= 15 is 0 Å². The fraction of sp³-hybridized carbons (Fsp3) is 0.259. The third-order valence-electron chi connectivity index (χ3n) is 6.29. The van der Waals surface area contributed by atoms with Crippen molar-refractivity contribution in [2.45, 2.75) is 0 Å². The molecule has 2 aromatic heterocycles. The number of nitrogens with one attached hydrogen (secondary N) is 2. The van der Waals surface area contributed by atoms with E-state index in [0.717, 1.165) is 16.3 Å². The van der Waals surface area contributed by atoms with Crippen molar-refractivity contribution in [2.75, 3.05) is 62.3 Å². The van der Waals surface area contributed by atoms with Gasteiger partial charge in [-0.2, -0.15) is 10.2 Å². The zero-order valence-corrected chi connectivity index (χ0v) is 25.4. The molecule has 0 atom stereocenters. The van der Waals surface area contributed by atoms with Crippen molar-refractivity contribution in [1.82, 2.24) is 15.0 Å². The molecule has 1 aliphatic rings. The second kappa shape index (κ2) is 11.9. The van der Waals surface area contributed by atoms with Gasteiger partial charge in [-0.15, -0.1) is 11.3 Å². The van der Waals surface area contributed by atoms with Crippen molar-refractivity contribution in [3.63, 3.8) is 0 Å². The molecule has 0 radical (unpaired) electrons. The van der Waals surface area contributed by atoms with E-state index in [2.05, 4.69) is 52.5 Å². The Bertz CT molecular complexity index is 1620. The lowest BCUT2D eigenvalue weighted by molar-refractivity contribution is 0.122. The van der Waals surface area contributed by atoms with Crippen LogP contribution >= 0.6 is 34.4 Å². The van der Waals surface area contributed by atoms with Crippen molar-refractivity contribution in [2.24, 2.45) is 0 Å². The number of methoxy groups -OCH3 is 1. The monoisotopic (exact) mass is 639 g/mol. The predicted molar refractivity (Wildman–Crippen MR) is 164 cm³/mol. The summed E-state index contributed by atoms with van der Waals surface area (Å²) in [5.41, 5.74) is 3.45. The second-order valence-electron chi connectivity index (χ2n) is 9.34. The molecule has 4 aromatic rings. The SMILES string of the molecule is COc1cc(N2CCOCC2)c(C#N)cc1Nc1ncc(Br)c(Nc2ccc(-c3nccs3)cc2P(C)(C)=O)n1. The maximum absolute atomic E-state index is 13.3. The summed E-state index contributed by atoms with van der Waals surface area (Å²) in [6, 6.07) is 11.6. The zero-order valence-electron chi connectivity index (χ0n) is 22.1. The van der Waals surface area contributed by atoms with Crippen LogP contribution in [-0.4, -0.2) is 61.7 Å². The lowest BCUT2D eigenvalue weighted by atomic mass is 10.1. The Hall–Kier alpha value is -3.49. The normalized spacial score (nSPS) is 13.5. The molecule has 5 rings (SSSR count). The molecule has 1 saturated heterocycles. The minimum Gasteiger partial charge on any atom is -0.494 e. The third kappa shape index (κ3) is 6.13. The molecule has 0 spiro atoms. The van der Waals surface area contributed by atoms with Gasteiger partial charge in [0.2, 0.25) is 5.95 Å². The van der Waals surface area contributed by atoms with E-state index in [1.54, 1.807) is 38.9 Å². The third-order valence-corrected chi connectivity index (χ3v) is 9.22. The first kappa shape index (κ1) is 28.1. The van der Waals surface area contributed by atoms with Crippen LogP contribution < -0.4 is 25.6 Å². The number of nitriles is 1. The summed E-state index contributed by atoms with van der Waals surface area (Å²) in [6.07, 6.45) is 3.37. The smallest absolute Gasteiger partial charge is 0.229 e. The molecule has 0 bridgehead atoms. The van der Waals surface area contributed by atoms with Crippen LogP contribution in [0.15, 0.2) is 52.6 Å². The van der Waals surface area contributed by atoms with Crippen molar-refractivity contribution in [1.29, 1.82) is 5.26 Å². The average molecular weight is 641 g/mol. The first-order valence-electron chi connectivity index (χ1n) is 12.4. The number of thiazole rings is 1. The summed E-state index contributed by atoms with van der Waals surface area (Å²) in [5.74, 6) is 1.34. The van der Waals surface area contributed by atoms with Gasteiger partial charge in [0.25, 0.3) is 0 Å². The second-order valence-corrected chi connectivity index (χ2v) is 14.3. The zero-order chi connectivity index (χ0) is 28.3. The molecular weight excluding hydrogens is 613 g/mol. The Morgan fingerprint density at radius 1 is 1.15 bits per heavy atom. The van der Waals surface area contributed by atoms with Crippen LogP contribution in [0.1, 0.15) is 5.56 Å². The van der Waals surface area contributed by atoms with Gasteiger partial charge in [-0.25, -0.2) is 9.97 Å². The van der Waals surface area contributed by atoms with Gasteiger partial charge in [-0.05, 0) is 53.5 Å². The predicted octanol–water partition coefficient (Wildman–Crippen LogP) is 5.81. The topological polar surface area (TPSA) is 125 Å². The van der Waals surface area contributed by atoms with Gasteiger partial charge in [-0.1, -0.05) is 0 Å². The minimum atomic E-state index is -2.66. The van der Waals surface area contributed by atoms with Crippen molar-refractivity contribution in [3.05, 3.63) is 58.1 Å².